The molecule has 2 aliphatic carbocycles. The molecule has 1 unspecified atom stereocenters. The van der Waals surface area contributed by atoms with Crippen molar-refractivity contribution in [2.45, 2.75) is 65.4 Å². The molecular formula is C15H26O. The summed E-state index contributed by atoms with van der Waals surface area (Å²) in [5, 5.41) is 10.2. The average molecular weight is 222 g/mol. The van der Waals surface area contributed by atoms with E-state index >= 15 is 0 Å². The lowest BCUT2D eigenvalue weighted by molar-refractivity contribution is -0.0245. The first-order chi connectivity index (χ1) is 7.34. The number of hydrogen-bond acceptors (Lipinski definition) is 1. The standard InChI is InChI=1S/C15H26O/c1-11-6-5-7-12-8-9-13(14(2,3)16)10-15(11,12)4/h7,11,13,16H,5-6,8-10H2,1-4H3/t11?,13-,15-/m1/s1. The second kappa shape index (κ2) is 3.87. The minimum Gasteiger partial charge on any atom is -0.390 e. The summed E-state index contributed by atoms with van der Waals surface area (Å²) in [6, 6.07) is 0. The van der Waals surface area contributed by atoms with Crippen LogP contribution < -0.4 is 0 Å². The van der Waals surface area contributed by atoms with E-state index in [0.717, 1.165) is 12.3 Å². The van der Waals surface area contributed by atoms with E-state index in [2.05, 4.69) is 19.9 Å². The van der Waals surface area contributed by atoms with Crippen molar-refractivity contribution in [3.63, 3.8) is 0 Å². The SMILES string of the molecule is CC1CCC=C2CC[C@@H](C(C)(C)O)C[C@@]21C. The quantitative estimate of drug-likeness (QED) is 0.667. The van der Waals surface area contributed by atoms with E-state index in [4.69, 9.17) is 0 Å². The van der Waals surface area contributed by atoms with E-state index in [1.807, 2.05) is 13.8 Å². The molecular weight excluding hydrogens is 196 g/mol. The van der Waals surface area contributed by atoms with E-state index in [0.29, 0.717) is 11.3 Å². The molecule has 3 atom stereocenters. The van der Waals surface area contributed by atoms with Crippen LogP contribution in [0.25, 0.3) is 0 Å². The van der Waals surface area contributed by atoms with Gasteiger partial charge in [-0.2, -0.15) is 0 Å². The van der Waals surface area contributed by atoms with Crippen LogP contribution >= 0.6 is 0 Å². The van der Waals surface area contributed by atoms with E-state index in [1.54, 1.807) is 5.57 Å². The molecule has 16 heavy (non-hydrogen) atoms. The van der Waals surface area contributed by atoms with Gasteiger partial charge in [0, 0.05) is 0 Å². The summed E-state index contributed by atoms with van der Waals surface area (Å²) in [5.41, 5.74) is 1.53. The van der Waals surface area contributed by atoms with Crippen LogP contribution in [0.5, 0.6) is 0 Å². The molecule has 0 aromatic heterocycles. The van der Waals surface area contributed by atoms with Gasteiger partial charge in [0.25, 0.3) is 0 Å². The molecule has 92 valence electrons. The highest BCUT2D eigenvalue weighted by molar-refractivity contribution is 5.21. The molecule has 1 nitrogen and oxygen atoms in total. The molecule has 0 radical (unpaired) electrons. The minimum absolute atomic E-state index is 0.362. The van der Waals surface area contributed by atoms with Gasteiger partial charge in [0.15, 0.2) is 0 Å². The van der Waals surface area contributed by atoms with Crippen molar-refractivity contribution in [1.82, 2.24) is 0 Å². The van der Waals surface area contributed by atoms with Crippen molar-refractivity contribution < 1.29 is 5.11 Å². The van der Waals surface area contributed by atoms with Gasteiger partial charge < -0.3 is 5.11 Å². The molecule has 0 aromatic rings. The Morgan fingerprint density at radius 3 is 2.69 bits per heavy atom. The van der Waals surface area contributed by atoms with Crippen LogP contribution in [-0.2, 0) is 0 Å². The van der Waals surface area contributed by atoms with Crippen LogP contribution in [0.15, 0.2) is 11.6 Å². The lowest BCUT2D eigenvalue weighted by atomic mass is 9.56. The van der Waals surface area contributed by atoms with Gasteiger partial charge in [0.05, 0.1) is 5.60 Å². The highest BCUT2D eigenvalue weighted by Crippen LogP contribution is 2.53. The van der Waals surface area contributed by atoms with Gasteiger partial charge in [0.1, 0.15) is 0 Å². The van der Waals surface area contributed by atoms with Crippen molar-refractivity contribution in [2.24, 2.45) is 17.3 Å². The molecule has 1 N–H and O–H groups in total. The van der Waals surface area contributed by atoms with Crippen LogP contribution in [-0.4, -0.2) is 10.7 Å². The zero-order valence-electron chi connectivity index (χ0n) is 11.2. The Morgan fingerprint density at radius 1 is 1.38 bits per heavy atom. The summed E-state index contributed by atoms with van der Waals surface area (Å²) >= 11 is 0. The summed E-state index contributed by atoms with van der Waals surface area (Å²) in [6.07, 6.45) is 8.59. The van der Waals surface area contributed by atoms with Gasteiger partial charge in [-0.25, -0.2) is 0 Å². The van der Waals surface area contributed by atoms with Gasteiger partial charge in [-0.05, 0) is 63.2 Å². The normalized spacial score (nSPS) is 40.2. The van der Waals surface area contributed by atoms with E-state index in [1.165, 1.54) is 25.7 Å². The maximum absolute atomic E-state index is 10.2. The summed E-state index contributed by atoms with van der Waals surface area (Å²) < 4.78 is 0. The molecule has 1 fully saturated rings. The Kier molecular flexibility index (Phi) is 2.94. The topological polar surface area (TPSA) is 20.2 Å². The minimum atomic E-state index is -0.508. The van der Waals surface area contributed by atoms with Crippen molar-refractivity contribution in [3.8, 4) is 0 Å². The molecule has 0 heterocycles. The average Bonchev–Trinajstić information content (AvgIpc) is 2.17. The molecule has 0 spiro atoms. The Labute approximate surface area is 99.9 Å². The molecule has 0 bridgehead atoms. The van der Waals surface area contributed by atoms with Crippen molar-refractivity contribution in [3.05, 3.63) is 11.6 Å². The fourth-order valence-corrected chi connectivity index (χ4v) is 3.64. The van der Waals surface area contributed by atoms with Crippen molar-refractivity contribution in [1.29, 1.82) is 0 Å². The molecule has 1 saturated carbocycles. The first-order valence-electron chi connectivity index (χ1n) is 6.76. The number of rotatable bonds is 1. The molecule has 0 aromatic carbocycles. The summed E-state index contributed by atoms with van der Waals surface area (Å²) in [5.74, 6) is 1.24. The van der Waals surface area contributed by atoms with Gasteiger partial charge in [-0.3, -0.25) is 0 Å². The first-order valence-corrected chi connectivity index (χ1v) is 6.76. The highest BCUT2D eigenvalue weighted by atomic mass is 16.3. The lowest BCUT2D eigenvalue weighted by Gasteiger charge is -2.49. The van der Waals surface area contributed by atoms with Gasteiger partial charge in [-0.15, -0.1) is 0 Å². The third kappa shape index (κ3) is 1.95. The van der Waals surface area contributed by atoms with Gasteiger partial charge >= 0.3 is 0 Å². The zero-order valence-corrected chi connectivity index (χ0v) is 11.2. The van der Waals surface area contributed by atoms with Crippen molar-refractivity contribution >= 4 is 0 Å². The Morgan fingerprint density at radius 2 is 2.06 bits per heavy atom. The summed E-state index contributed by atoms with van der Waals surface area (Å²) in [7, 11) is 0. The van der Waals surface area contributed by atoms with Crippen LogP contribution in [0.4, 0.5) is 0 Å². The number of allylic oxidation sites excluding steroid dienone is 2. The molecule has 2 rings (SSSR count). The van der Waals surface area contributed by atoms with Crippen LogP contribution in [0.2, 0.25) is 0 Å². The molecule has 0 aliphatic heterocycles. The van der Waals surface area contributed by atoms with E-state index in [9.17, 15) is 5.11 Å². The van der Waals surface area contributed by atoms with E-state index in [-0.39, 0.29) is 0 Å². The van der Waals surface area contributed by atoms with Gasteiger partial charge in [-0.1, -0.05) is 25.5 Å². The molecule has 1 heteroatoms. The Bertz CT molecular complexity index is 297. The van der Waals surface area contributed by atoms with E-state index < -0.39 is 5.60 Å². The molecule has 0 amide bonds. The number of hydrogen-bond donors (Lipinski definition) is 1. The summed E-state index contributed by atoms with van der Waals surface area (Å²) in [4.78, 5) is 0. The van der Waals surface area contributed by atoms with Crippen LogP contribution in [0, 0.1) is 17.3 Å². The Balaban J connectivity index is 2.23. The first kappa shape index (κ1) is 12.2. The number of fused-ring (bicyclic) bond motifs is 1. The number of aliphatic hydroxyl groups is 1. The molecule has 2 aliphatic rings. The predicted molar refractivity (Wildman–Crippen MR) is 68.2 cm³/mol. The van der Waals surface area contributed by atoms with Crippen molar-refractivity contribution in [2.75, 3.05) is 0 Å². The smallest absolute Gasteiger partial charge is 0.0620 e. The third-order valence-electron chi connectivity index (χ3n) is 5.24. The third-order valence-corrected chi connectivity index (χ3v) is 5.24. The second-order valence-corrected chi connectivity index (χ2v) is 6.72. The lowest BCUT2D eigenvalue weighted by Crippen LogP contribution is -2.43. The maximum Gasteiger partial charge on any atom is 0.0620 e. The van der Waals surface area contributed by atoms with Crippen LogP contribution in [0.3, 0.4) is 0 Å². The fraction of sp³-hybridized carbons (Fsp3) is 0.867. The predicted octanol–water partition coefficient (Wildman–Crippen LogP) is 3.92. The fourth-order valence-electron chi connectivity index (χ4n) is 3.64. The van der Waals surface area contributed by atoms with Gasteiger partial charge in [0.2, 0.25) is 0 Å². The monoisotopic (exact) mass is 222 g/mol. The largest absolute Gasteiger partial charge is 0.390 e. The zero-order chi connectivity index (χ0) is 12.0. The second-order valence-electron chi connectivity index (χ2n) is 6.72. The van der Waals surface area contributed by atoms with Crippen LogP contribution in [0.1, 0.15) is 59.8 Å². The molecule has 0 saturated heterocycles. The maximum atomic E-state index is 10.2. The highest BCUT2D eigenvalue weighted by Gasteiger charge is 2.44. The Hall–Kier alpha value is -0.300. The summed E-state index contributed by atoms with van der Waals surface area (Å²) in [6.45, 7) is 8.76.